The molecule has 0 bridgehead atoms. The summed E-state index contributed by atoms with van der Waals surface area (Å²) in [4.78, 5) is 4.85. The number of benzene rings is 1. The molecule has 9 heteroatoms. The van der Waals surface area contributed by atoms with Gasteiger partial charge in [0.05, 0.1) is 19.7 Å². The molecule has 0 atom stereocenters. The summed E-state index contributed by atoms with van der Waals surface area (Å²) in [7, 11) is 3.65. The fraction of sp³-hybridized carbons (Fsp3) is 0.591. The molecule has 1 aromatic heterocycles. The van der Waals surface area contributed by atoms with Gasteiger partial charge in [0.25, 0.3) is 0 Å². The molecule has 2 aromatic rings. The Morgan fingerprint density at radius 1 is 1.19 bits per heavy atom. The normalized spacial score (nSPS) is 14.4. The van der Waals surface area contributed by atoms with E-state index in [0.717, 1.165) is 34.5 Å². The molecule has 1 saturated carbocycles. The fourth-order valence-corrected chi connectivity index (χ4v) is 3.51. The molecule has 0 saturated heterocycles. The molecule has 1 fully saturated rings. The van der Waals surface area contributed by atoms with E-state index in [4.69, 9.17) is 14.5 Å². The Bertz CT molecular complexity index is 849. The average molecular weight is 542 g/mol. The SMILES string of the molecule is COCCOc1cc(C)ccc1CN=C(NCc1nnc(C)n1C)NC1CCCC1.I. The first-order valence-corrected chi connectivity index (χ1v) is 10.7. The molecule has 1 aliphatic carbocycles. The molecule has 31 heavy (non-hydrogen) atoms. The zero-order valence-corrected chi connectivity index (χ0v) is 21.3. The molecule has 0 unspecified atom stereocenters. The molecule has 2 N–H and O–H groups in total. The van der Waals surface area contributed by atoms with E-state index in [1.54, 1.807) is 7.11 Å². The van der Waals surface area contributed by atoms with E-state index in [0.29, 0.717) is 32.3 Å². The number of methoxy groups -OCH3 is 1. The highest BCUT2D eigenvalue weighted by atomic mass is 127. The summed E-state index contributed by atoms with van der Waals surface area (Å²) in [5.74, 6) is 3.44. The van der Waals surface area contributed by atoms with Crippen molar-refractivity contribution in [3.05, 3.63) is 41.0 Å². The van der Waals surface area contributed by atoms with Crippen LogP contribution in [-0.4, -0.2) is 47.1 Å². The Morgan fingerprint density at radius 3 is 2.65 bits per heavy atom. The standard InChI is InChI=1S/C22H34N6O2.HI/c1-16-9-10-18(20(13-16)30-12-11-29-4)14-23-22(25-19-7-5-6-8-19)24-15-21-27-26-17(2)28(21)3;/h9-10,13,19H,5-8,11-12,14-15H2,1-4H3,(H2,23,24,25);1H. The Balaban J connectivity index is 0.00000341. The molecule has 8 nitrogen and oxygen atoms in total. The lowest BCUT2D eigenvalue weighted by atomic mass is 10.1. The number of aliphatic imine (C=N–C) groups is 1. The highest BCUT2D eigenvalue weighted by Crippen LogP contribution is 2.22. The molecule has 0 amide bonds. The van der Waals surface area contributed by atoms with Gasteiger partial charge in [-0.05, 0) is 38.3 Å². The van der Waals surface area contributed by atoms with Gasteiger partial charge in [0.15, 0.2) is 11.8 Å². The maximum Gasteiger partial charge on any atom is 0.192 e. The number of rotatable bonds is 9. The van der Waals surface area contributed by atoms with Crippen molar-refractivity contribution in [2.75, 3.05) is 20.3 Å². The monoisotopic (exact) mass is 542 g/mol. The van der Waals surface area contributed by atoms with Crippen LogP contribution < -0.4 is 15.4 Å². The summed E-state index contributed by atoms with van der Waals surface area (Å²) in [6.45, 7) is 6.19. The summed E-state index contributed by atoms with van der Waals surface area (Å²) in [5.41, 5.74) is 2.22. The minimum Gasteiger partial charge on any atom is -0.491 e. The lowest BCUT2D eigenvalue weighted by Gasteiger charge is -2.18. The number of halogens is 1. The average Bonchev–Trinajstić information content (AvgIpc) is 3.36. The van der Waals surface area contributed by atoms with Crippen LogP contribution >= 0.6 is 24.0 Å². The second-order valence-corrected chi connectivity index (χ2v) is 7.82. The van der Waals surface area contributed by atoms with Gasteiger partial charge in [0, 0.05) is 25.8 Å². The maximum absolute atomic E-state index is 5.92. The van der Waals surface area contributed by atoms with Gasteiger partial charge >= 0.3 is 0 Å². The number of aromatic nitrogens is 3. The largest absolute Gasteiger partial charge is 0.491 e. The molecule has 0 aliphatic heterocycles. The van der Waals surface area contributed by atoms with E-state index < -0.39 is 0 Å². The highest BCUT2D eigenvalue weighted by molar-refractivity contribution is 14.0. The first-order chi connectivity index (χ1) is 14.6. The van der Waals surface area contributed by atoms with Crippen molar-refractivity contribution in [2.24, 2.45) is 12.0 Å². The molecule has 1 aromatic carbocycles. The maximum atomic E-state index is 5.92. The quantitative estimate of drug-likeness (QED) is 0.219. The van der Waals surface area contributed by atoms with Crippen molar-refractivity contribution in [1.82, 2.24) is 25.4 Å². The minimum atomic E-state index is 0. The number of hydrogen-bond acceptors (Lipinski definition) is 5. The fourth-order valence-electron chi connectivity index (χ4n) is 3.51. The molecule has 1 aliphatic rings. The number of hydrogen-bond donors (Lipinski definition) is 2. The van der Waals surface area contributed by atoms with Crippen molar-refractivity contribution in [3.8, 4) is 5.75 Å². The number of guanidine groups is 1. The number of aryl methyl sites for hydroxylation is 2. The van der Waals surface area contributed by atoms with Crippen LogP contribution in [-0.2, 0) is 24.9 Å². The number of nitrogens with one attached hydrogen (secondary N) is 2. The van der Waals surface area contributed by atoms with Gasteiger partial charge in [-0.2, -0.15) is 0 Å². The molecule has 3 rings (SSSR count). The van der Waals surface area contributed by atoms with E-state index in [9.17, 15) is 0 Å². The van der Waals surface area contributed by atoms with Gasteiger partial charge in [0.2, 0.25) is 0 Å². The van der Waals surface area contributed by atoms with Crippen molar-refractivity contribution in [1.29, 1.82) is 0 Å². The van der Waals surface area contributed by atoms with E-state index >= 15 is 0 Å². The van der Waals surface area contributed by atoms with Gasteiger partial charge in [-0.25, -0.2) is 4.99 Å². The topological polar surface area (TPSA) is 85.6 Å². The van der Waals surface area contributed by atoms with Gasteiger partial charge in [0.1, 0.15) is 18.2 Å². The van der Waals surface area contributed by atoms with Crippen molar-refractivity contribution >= 4 is 29.9 Å². The summed E-state index contributed by atoms with van der Waals surface area (Å²) < 4.78 is 13.0. The Kier molecular flexibility index (Phi) is 10.5. The van der Waals surface area contributed by atoms with Crippen molar-refractivity contribution in [2.45, 2.75) is 58.7 Å². The molecular weight excluding hydrogens is 507 g/mol. The zero-order chi connectivity index (χ0) is 21.3. The van der Waals surface area contributed by atoms with Gasteiger partial charge in [-0.1, -0.05) is 25.0 Å². The predicted octanol–water partition coefficient (Wildman–Crippen LogP) is 3.25. The summed E-state index contributed by atoms with van der Waals surface area (Å²) >= 11 is 0. The first kappa shape index (κ1) is 25.4. The predicted molar refractivity (Wildman–Crippen MR) is 133 cm³/mol. The highest BCUT2D eigenvalue weighted by Gasteiger charge is 2.17. The van der Waals surface area contributed by atoms with Gasteiger partial charge in [-0.3, -0.25) is 0 Å². The Labute approximate surface area is 202 Å². The van der Waals surface area contributed by atoms with E-state index in [1.165, 1.54) is 25.7 Å². The third-order valence-electron chi connectivity index (χ3n) is 5.47. The van der Waals surface area contributed by atoms with Crippen LogP contribution in [0.4, 0.5) is 0 Å². The Hall–Kier alpha value is -1.88. The van der Waals surface area contributed by atoms with Crippen LogP contribution in [0.5, 0.6) is 5.75 Å². The van der Waals surface area contributed by atoms with Crippen molar-refractivity contribution in [3.63, 3.8) is 0 Å². The third kappa shape index (κ3) is 7.64. The summed E-state index contributed by atoms with van der Waals surface area (Å²) in [6, 6.07) is 6.70. The minimum absolute atomic E-state index is 0. The van der Waals surface area contributed by atoms with Crippen LogP contribution in [0.3, 0.4) is 0 Å². The number of ether oxygens (including phenoxy) is 2. The molecule has 1 heterocycles. The molecular formula is C22H35IN6O2. The van der Waals surface area contributed by atoms with Crippen LogP contribution in [0.1, 0.15) is 48.5 Å². The van der Waals surface area contributed by atoms with Gasteiger partial charge in [-0.15, -0.1) is 34.2 Å². The Morgan fingerprint density at radius 2 is 1.97 bits per heavy atom. The zero-order valence-electron chi connectivity index (χ0n) is 19.0. The summed E-state index contributed by atoms with van der Waals surface area (Å²) in [5, 5.41) is 15.4. The molecule has 172 valence electrons. The van der Waals surface area contributed by atoms with Crippen molar-refractivity contribution < 1.29 is 9.47 Å². The smallest absolute Gasteiger partial charge is 0.192 e. The van der Waals surface area contributed by atoms with E-state index in [1.807, 2.05) is 18.5 Å². The number of nitrogens with zero attached hydrogens (tertiary/aromatic N) is 4. The van der Waals surface area contributed by atoms with Crippen LogP contribution in [0.25, 0.3) is 0 Å². The van der Waals surface area contributed by atoms with Crippen LogP contribution in [0, 0.1) is 13.8 Å². The van der Waals surface area contributed by atoms with Crippen LogP contribution in [0.15, 0.2) is 23.2 Å². The lowest BCUT2D eigenvalue weighted by Crippen LogP contribution is -2.42. The lowest BCUT2D eigenvalue weighted by molar-refractivity contribution is 0.145. The summed E-state index contributed by atoms with van der Waals surface area (Å²) in [6.07, 6.45) is 4.89. The van der Waals surface area contributed by atoms with Crippen LogP contribution in [0.2, 0.25) is 0 Å². The third-order valence-corrected chi connectivity index (χ3v) is 5.47. The van der Waals surface area contributed by atoms with E-state index in [-0.39, 0.29) is 24.0 Å². The molecule has 0 spiro atoms. The van der Waals surface area contributed by atoms with E-state index in [2.05, 4.69) is 46.0 Å². The first-order valence-electron chi connectivity index (χ1n) is 10.7. The van der Waals surface area contributed by atoms with Gasteiger partial charge < -0.3 is 24.7 Å². The molecule has 0 radical (unpaired) electrons. The second-order valence-electron chi connectivity index (χ2n) is 7.82. The second kappa shape index (κ2) is 12.8.